The van der Waals surface area contributed by atoms with Gasteiger partial charge in [0.25, 0.3) is 5.69 Å². The topological polar surface area (TPSA) is 86.5 Å². The molecule has 0 N–H and O–H groups in total. The van der Waals surface area contributed by atoms with Crippen LogP contribution in [0.3, 0.4) is 0 Å². The highest BCUT2D eigenvalue weighted by atomic mass is 32.2. The molecule has 0 aromatic heterocycles. The van der Waals surface area contributed by atoms with Gasteiger partial charge in [0, 0.05) is 12.1 Å². The van der Waals surface area contributed by atoms with E-state index in [1.54, 1.807) is 6.07 Å². The zero-order chi connectivity index (χ0) is 18.0. The largest absolute Gasteiger partial charge is 0.534 e. The Labute approximate surface area is 134 Å². The van der Waals surface area contributed by atoms with E-state index in [4.69, 9.17) is 0 Å². The summed E-state index contributed by atoms with van der Waals surface area (Å²) in [5, 5.41) is 10.6. The highest BCUT2D eigenvalue weighted by Gasteiger charge is 2.48. The molecule has 0 aliphatic carbocycles. The molecule has 0 atom stereocenters. The first-order valence-corrected chi connectivity index (χ1v) is 7.82. The average molecular weight is 361 g/mol. The van der Waals surface area contributed by atoms with Crippen molar-refractivity contribution >= 4 is 15.8 Å². The van der Waals surface area contributed by atoms with E-state index in [-0.39, 0.29) is 12.1 Å². The van der Waals surface area contributed by atoms with Gasteiger partial charge in [-0.3, -0.25) is 10.1 Å². The number of rotatable bonds is 5. The summed E-state index contributed by atoms with van der Waals surface area (Å²) >= 11 is 0. The van der Waals surface area contributed by atoms with Gasteiger partial charge in [-0.15, -0.1) is 0 Å². The van der Waals surface area contributed by atoms with Gasteiger partial charge in [0.2, 0.25) is 0 Å². The lowest BCUT2D eigenvalue weighted by Gasteiger charge is -2.10. The van der Waals surface area contributed by atoms with Crippen LogP contribution in [0.25, 0.3) is 0 Å². The predicted octanol–water partition coefficient (Wildman–Crippen LogP) is 3.41. The Bertz CT molecular complexity index is 847. The first kappa shape index (κ1) is 17.7. The summed E-state index contributed by atoms with van der Waals surface area (Å²) in [6.45, 7) is 0. The van der Waals surface area contributed by atoms with Gasteiger partial charge in [0.05, 0.1) is 4.92 Å². The van der Waals surface area contributed by atoms with Crippen molar-refractivity contribution in [2.45, 2.75) is 11.9 Å². The average Bonchev–Trinajstić information content (AvgIpc) is 2.46. The molecule has 6 nitrogen and oxygen atoms in total. The number of hydrogen-bond acceptors (Lipinski definition) is 5. The second-order valence-corrected chi connectivity index (χ2v) is 6.27. The maximum absolute atomic E-state index is 12.3. The third-order valence-corrected chi connectivity index (χ3v) is 3.92. The molecular weight excluding hydrogens is 351 g/mol. The third kappa shape index (κ3) is 4.22. The van der Waals surface area contributed by atoms with Crippen LogP contribution >= 0.6 is 0 Å². The summed E-state index contributed by atoms with van der Waals surface area (Å²) in [6.07, 6.45) is 0.237. The van der Waals surface area contributed by atoms with Gasteiger partial charge >= 0.3 is 15.6 Å². The van der Waals surface area contributed by atoms with E-state index in [0.29, 0.717) is 11.1 Å². The minimum Gasteiger partial charge on any atom is -0.376 e. The monoisotopic (exact) mass is 361 g/mol. The Kier molecular flexibility index (Phi) is 4.78. The molecule has 0 radical (unpaired) electrons. The van der Waals surface area contributed by atoms with Crippen molar-refractivity contribution in [3.8, 4) is 5.75 Å². The van der Waals surface area contributed by atoms with Crippen molar-refractivity contribution in [3.05, 3.63) is 69.8 Å². The number of alkyl halides is 3. The SMILES string of the molecule is O=[N+]([O-])c1ccc(Cc2cccc(OS(=O)(=O)C(F)(F)F)c2)cc1. The summed E-state index contributed by atoms with van der Waals surface area (Å²) in [5.41, 5.74) is -4.45. The van der Waals surface area contributed by atoms with Crippen molar-refractivity contribution in [2.24, 2.45) is 0 Å². The molecule has 0 saturated heterocycles. The minimum absolute atomic E-state index is 0.0906. The molecule has 0 fully saturated rings. The molecule has 2 aromatic rings. The fraction of sp³-hybridized carbons (Fsp3) is 0.143. The fourth-order valence-corrected chi connectivity index (χ4v) is 2.30. The number of nitrogens with zero attached hydrogens (tertiary/aromatic N) is 1. The van der Waals surface area contributed by atoms with Gasteiger partial charge in [-0.05, 0) is 29.7 Å². The molecule has 0 unspecified atom stereocenters. The second kappa shape index (κ2) is 6.48. The van der Waals surface area contributed by atoms with Gasteiger partial charge < -0.3 is 4.18 Å². The molecule has 0 bridgehead atoms. The number of non-ortho nitro benzene ring substituents is 1. The quantitative estimate of drug-likeness (QED) is 0.352. The summed E-state index contributed by atoms with van der Waals surface area (Å²) in [5.74, 6) is -0.466. The Morgan fingerprint density at radius 1 is 1.04 bits per heavy atom. The van der Waals surface area contributed by atoms with Crippen LogP contribution in [0, 0.1) is 10.1 Å². The van der Waals surface area contributed by atoms with Crippen LogP contribution < -0.4 is 4.18 Å². The van der Waals surface area contributed by atoms with Gasteiger partial charge in [0.1, 0.15) is 5.75 Å². The Morgan fingerprint density at radius 3 is 2.21 bits per heavy atom. The summed E-state index contributed by atoms with van der Waals surface area (Å²) in [7, 11) is -5.73. The highest BCUT2D eigenvalue weighted by molar-refractivity contribution is 7.88. The Morgan fingerprint density at radius 2 is 1.67 bits per heavy atom. The fourth-order valence-electron chi connectivity index (χ4n) is 1.85. The molecular formula is C14H10F3NO5S. The molecule has 0 spiro atoms. The lowest BCUT2D eigenvalue weighted by Crippen LogP contribution is -2.28. The predicted molar refractivity (Wildman–Crippen MR) is 77.9 cm³/mol. The van der Waals surface area contributed by atoms with Crippen molar-refractivity contribution in [1.29, 1.82) is 0 Å². The number of halogens is 3. The molecule has 0 saturated carbocycles. The van der Waals surface area contributed by atoms with Crippen LogP contribution in [0.2, 0.25) is 0 Å². The summed E-state index contributed by atoms with van der Waals surface area (Å²) in [6, 6.07) is 10.7. The third-order valence-electron chi connectivity index (χ3n) is 2.94. The number of nitro benzene ring substituents is 1. The zero-order valence-corrected chi connectivity index (χ0v) is 12.7. The molecule has 24 heavy (non-hydrogen) atoms. The van der Waals surface area contributed by atoms with Crippen molar-refractivity contribution < 1.29 is 30.7 Å². The van der Waals surface area contributed by atoms with Crippen LogP contribution in [-0.2, 0) is 16.5 Å². The number of hydrogen-bond donors (Lipinski definition) is 0. The summed E-state index contributed by atoms with van der Waals surface area (Å²) in [4.78, 5) is 10.0. The lowest BCUT2D eigenvalue weighted by atomic mass is 10.0. The molecule has 2 rings (SSSR count). The second-order valence-electron chi connectivity index (χ2n) is 4.73. The smallest absolute Gasteiger partial charge is 0.376 e. The van der Waals surface area contributed by atoms with E-state index < -0.39 is 26.3 Å². The maximum Gasteiger partial charge on any atom is 0.534 e. The molecule has 2 aromatic carbocycles. The van der Waals surface area contributed by atoms with E-state index in [2.05, 4.69) is 4.18 Å². The van der Waals surface area contributed by atoms with Gasteiger partial charge in [0.15, 0.2) is 0 Å². The van der Waals surface area contributed by atoms with E-state index >= 15 is 0 Å². The molecule has 0 aliphatic heterocycles. The molecule has 0 aliphatic rings. The van der Waals surface area contributed by atoms with Gasteiger partial charge in [-0.2, -0.15) is 21.6 Å². The van der Waals surface area contributed by atoms with E-state index in [1.807, 2.05) is 0 Å². The Hall–Kier alpha value is -2.62. The lowest BCUT2D eigenvalue weighted by molar-refractivity contribution is -0.384. The van der Waals surface area contributed by atoms with E-state index in [9.17, 15) is 31.7 Å². The molecule has 128 valence electrons. The molecule has 0 amide bonds. The van der Waals surface area contributed by atoms with Crippen molar-refractivity contribution in [2.75, 3.05) is 0 Å². The van der Waals surface area contributed by atoms with Crippen molar-refractivity contribution in [3.63, 3.8) is 0 Å². The summed E-state index contributed by atoms with van der Waals surface area (Å²) < 4.78 is 62.9. The van der Waals surface area contributed by atoms with Crippen LogP contribution in [0.4, 0.5) is 18.9 Å². The van der Waals surface area contributed by atoms with Crippen LogP contribution in [-0.4, -0.2) is 18.8 Å². The van der Waals surface area contributed by atoms with E-state index in [0.717, 1.165) is 12.1 Å². The normalized spacial score (nSPS) is 12.0. The van der Waals surface area contributed by atoms with Crippen LogP contribution in [0.1, 0.15) is 11.1 Å². The number of nitro groups is 1. The first-order valence-electron chi connectivity index (χ1n) is 6.41. The van der Waals surface area contributed by atoms with E-state index in [1.165, 1.54) is 30.3 Å². The van der Waals surface area contributed by atoms with Crippen LogP contribution in [0.15, 0.2) is 48.5 Å². The molecule has 10 heteroatoms. The zero-order valence-electron chi connectivity index (χ0n) is 11.9. The van der Waals surface area contributed by atoms with Gasteiger partial charge in [-0.1, -0.05) is 24.3 Å². The van der Waals surface area contributed by atoms with Gasteiger partial charge in [-0.25, -0.2) is 0 Å². The first-order chi connectivity index (χ1) is 11.1. The highest BCUT2D eigenvalue weighted by Crippen LogP contribution is 2.27. The van der Waals surface area contributed by atoms with Crippen molar-refractivity contribution in [1.82, 2.24) is 0 Å². The maximum atomic E-state index is 12.3. The molecule has 0 heterocycles. The van der Waals surface area contributed by atoms with Crippen LogP contribution in [0.5, 0.6) is 5.75 Å². The Balaban J connectivity index is 2.17. The minimum atomic E-state index is -5.73. The number of benzene rings is 2. The standard InChI is InChI=1S/C14H10F3NO5S/c15-14(16,17)24(21,22)23-13-3-1-2-11(9-13)8-10-4-6-12(7-5-10)18(19)20/h1-7,9H,8H2.